The SMILES string of the molecule is CCCC1CCCCN1Cc1ccc2c(c1)CCCN2. The number of likely N-dealkylation sites (tertiary alicyclic amines) is 1. The van der Waals surface area contributed by atoms with Crippen LogP contribution in [0.4, 0.5) is 5.69 Å². The van der Waals surface area contributed by atoms with Crippen molar-refractivity contribution in [2.45, 2.75) is 64.5 Å². The maximum absolute atomic E-state index is 3.51. The molecule has 1 fully saturated rings. The van der Waals surface area contributed by atoms with Gasteiger partial charge in [-0.1, -0.05) is 31.9 Å². The topological polar surface area (TPSA) is 15.3 Å². The number of nitrogens with one attached hydrogen (secondary N) is 1. The van der Waals surface area contributed by atoms with E-state index in [1.54, 1.807) is 0 Å². The molecule has 2 aliphatic rings. The second kappa shape index (κ2) is 6.62. The Hall–Kier alpha value is -1.02. The van der Waals surface area contributed by atoms with Crippen molar-refractivity contribution in [3.05, 3.63) is 29.3 Å². The van der Waals surface area contributed by atoms with E-state index in [4.69, 9.17) is 0 Å². The predicted octanol–water partition coefficient (Wildman–Crippen LogP) is 4.20. The third-order valence-electron chi connectivity index (χ3n) is 4.86. The number of benzene rings is 1. The first kappa shape index (κ1) is 13.9. The molecule has 1 unspecified atom stereocenters. The van der Waals surface area contributed by atoms with Gasteiger partial charge in [0.2, 0.25) is 0 Å². The highest BCUT2D eigenvalue weighted by Gasteiger charge is 2.21. The molecular weight excluding hydrogens is 244 g/mol. The van der Waals surface area contributed by atoms with Gasteiger partial charge in [0.25, 0.3) is 0 Å². The quantitative estimate of drug-likeness (QED) is 0.883. The van der Waals surface area contributed by atoms with Gasteiger partial charge in [0.15, 0.2) is 0 Å². The molecule has 110 valence electrons. The summed E-state index contributed by atoms with van der Waals surface area (Å²) >= 11 is 0. The summed E-state index contributed by atoms with van der Waals surface area (Å²) in [5, 5.41) is 3.51. The lowest BCUT2D eigenvalue weighted by molar-refractivity contribution is 0.131. The summed E-state index contributed by atoms with van der Waals surface area (Å²) in [6.07, 6.45) is 9.41. The van der Waals surface area contributed by atoms with Gasteiger partial charge in [0.1, 0.15) is 0 Å². The molecule has 0 spiro atoms. The zero-order valence-electron chi connectivity index (χ0n) is 12.8. The summed E-state index contributed by atoms with van der Waals surface area (Å²) in [4.78, 5) is 2.73. The van der Waals surface area contributed by atoms with Crippen LogP contribution in [0.15, 0.2) is 18.2 Å². The molecule has 0 aromatic heterocycles. The van der Waals surface area contributed by atoms with Crippen LogP contribution in [0.1, 0.15) is 56.6 Å². The molecule has 1 saturated heterocycles. The van der Waals surface area contributed by atoms with E-state index in [1.165, 1.54) is 68.3 Å². The first-order valence-corrected chi connectivity index (χ1v) is 8.46. The summed E-state index contributed by atoms with van der Waals surface area (Å²) in [5.41, 5.74) is 4.40. The lowest BCUT2D eigenvalue weighted by atomic mass is 9.96. The Bertz CT molecular complexity index is 439. The number of hydrogen-bond donors (Lipinski definition) is 1. The zero-order valence-corrected chi connectivity index (χ0v) is 12.8. The van der Waals surface area contributed by atoms with E-state index in [9.17, 15) is 0 Å². The van der Waals surface area contributed by atoms with Gasteiger partial charge in [-0.2, -0.15) is 0 Å². The second-order valence-corrected chi connectivity index (χ2v) is 6.43. The van der Waals surface area contributed by atoms with Crippen molar-refractivity contribution in [3.8, 4) is 0 Å². The zero-order chi connectivity index (χ0) is 13.8. The number of aryl methyl sites for hydroxylation is 1. The third kappa shape index (κ3) is 3.17. The monoisotopic (exact) mass is 272 g/mol. The number of fused-ring (bicyclic) bond motifs is 1. The summed E-state index contributed by atoms with van der Waals surface area (Å²) in [5.74, 6) is 0. The van der Waals surface area contributed by atoms with Crippen molar-refractivity contribution in [2.75, 3.05) is 18.4 Å². The van der Waals surface area contributed by atoms with Gasteiger partial charge < -0.3 is 5.32 Å². The first-order chi connectivity index (χ1) is 9.86. The van der Waals surface area contributed by atoms with Crippen LogP contribution in [0.25, 0.3) is 0 Å². The van der Waals surface area contributed by atoms with Gasteiger partial charge in [-0.15, -0.1) is 0 Å². The molecule has 0 aliphatic carbocycles. The van der Waals surface area contributed by atoms with Gasteiger partial charge in [0.05, 0.1) is 0 Å². The molecule has 1 aromatic rings. The Morgan fingerprint density at radius 1 is 1.25 bits per heavy atom. The van der Waals surface area contributed by atoms with Crippen LogP contribution in [0.2, 0.25) is 0 Å². The van der Waals surface area contributed by atoms with Crippen LogP contribution < -0.4 is 5.32 Å². The van der Waals surface area contributed by atoms with Crippen molar-refractivity contribution in [3.63, 3.8) is 0 Å². The Morgan fingerprint density at radius 3 is 3.10 bits per heavy atom. The normalized spacial score (nSPS) is 23.1. The molecule has 2 aliphatic heterocycles. The molecule has 2 heteroatoms. The van der Waals surface area contributed by atoms with Crippen molar-refractivity contribution >= 4 is 5.69 Å². The molecular formula is C18H28N2. The van der Waals surface area contributed by atoms with E-state index in [2.05, 4.69) is 35.3 Å². The largest absolute Gasteiger partial charge is 0.385 e. The number of hydrogen-bond acceptors (Lipinski definition) is 2. The van der Waals surface area contributed by atoms with Crippen LogP contribution in [-0.4, -0.2) is 24.0 Å². The highest BCUT2D eigenvalue weighted by molar-refractivity contribution is 5.54. The average Bonchev–Trinajstić information content (AvgIpc) is 2.49. The van der Waals surface area contributed by atoms with E-state index in [0.29, 0.717) is 0 Å². The number of piperidine rings is 1. The lowest BCUT2D eigenvalue weighted by Crippen LogP contribution is -2.38. The summed E-state index contributed by atoms with van der Waals surface area (Å²) in [6, 6.07) is 7.89. The van der Waals surface area contributed by atoms with Gasteiger partial charge in [-0.05, 0) is 55.8 Å². The van der Waals surface area contributed by atoms with Gasteiger partial charge >= 0.3 is 0 Å². The molecule has 1 aromatic carbocycles. The second-order valence-electron chi connectivity index (χ2n) is 6.43. The molecule has 0 saturated carbocycles. The molecule has 1 atom stereocenters. The molecule has 2 heterocycles. The van der Waals surface area contributed by atoms with E-state index < -0.39 is 0 Å². The molecule has 2 nitrogen and oxygen atoms in total. The number of rotatable bonds is 4. The fraction of sp³-hybridized carbons (Fsp3) is 0.667. The van der Waals surface area contributed by atoms with Crippen LogP contribution in [0.5, 0.6) is 0 Å². The van der Waals surface area contributed by atoms with Crippen LogP contribution >= 0.6 is 0 Å². The summed E-state index contributed by atoms with van der Waals surface area (Å²) in [6.45, 7) is 5.90. The smallest absolute Gasteiger partial charge is 0.0372 e. The van der Waals surface area contributed by atoms with Gasteiger partial charge in [-0.25, -0.2) is 0 Å². The minimum Gasteiger partial charge on any atom is -0.385 e. The molecule has 0 bridgehead atoms. The molecule has 1 N–H and O–H groups in total. The predicted molar refractivity (Wildman–Crippen MR) is 86.2 cm³/mol. The first-order valence-electron chi connectivity index (χ1n) is 8.46. The van der Waals surface area contributed by atoms with Gasteiger partial charge in [-0.3, -0.25) is 4.90 Å². The van der Waals surface area contributed by atoms with Crippen molar-refractivity contribution < 1.29 is 0 Å². The highest BCUT2D eigenvalue weighted by atomic mass is 15.2. The minimum atomic E-state index is 0.822. The number of anilines is 1. The standard InChI is InChI=1S/C18H28N2/c1-2-6-17-8-3-4-12-20(17)14-15-9-10-18-16(13-15)7-5-11-19-18/h9-10,13,17,19H,2-8,11-12,14H2,1H3. The van der Waals surface area contributed by atoms with Crippen molar-refractivity contribution in [1.29, 1.82) is 0 Å². The van der Waals surface area contributed by atoms with Crippen LogP contribution in [-0.2, 0) is 13.0 Å². The van der Waals surface area contributed by atoms with Crippen molar-refractivity contribution in [1.82, 2.24) is 4.90 Å². The Balaban J connectivity index is 1.69. The van der Waals surface area contributed by atoms with E-state index in [-0.39, 0.29) is 0 Å². The Labute approximate surface area is 123 Å². The Kier molecular flexibility index (Phi) is 4.62. The van der Waals surface area contributed by atoms with E-state index in [1.807, 2.05) is 0 Å². The minimum absolute atomic E-state index is 0.822. The average molecular weight is 272 g/mol. The number of nitrogens with zero attached hydrogens (tertiary/aromatic N) is 1. The molecule has 20 heavy (non-hydrogen) atoms. The van der Waals surface area contributed by atoms with Gasteiger partial charge in [0, 0.05) is 24.8 Å². The molecule has 0 radical (unpaired) electrons. The fourth-order valence-corrected chi connectivity index (χ4v) is 3.79. The Morgan fingerprint density at radius 2 is 2.20 bits per heavy atom. The van der Waals surface area contributed by atoms with E-state index >= 15 is 0 Å². The van der Waals surface area contributed by atoms with Crippen molar-refractivity contribution in [2.24, 2.45) is 0 Å². The molecule has 3 rings (SSSR count). The van der Waals surface area contributed by atoms with E-state index in [0.717, 1.165) is 19.1 Å². The lowest BCUT2D eigenvalue weighted by Gasteiger charge is -2.36. The third-order valence-corrected chi connectivity index (χ3v) is 4.86. The van der Waals surface area contributed by atoms with Crippen LogP contribution in [0.3, 0.4) is 0 Å². The van der Waals surface area contributed by atoms with Crippen LogP contribution in [0, 0.1) is 0 Å². The summed E-state index contributed by atoms with van der Waals surface area (Å²) in [7, 11) is 0. The highest BCUT2D eigenvalue weighted by Crippen LogP contribution is 2.26. The fourth-order valence-electron chi connectivity index (χ4n) is 3.79. The summed E-state index contributed by atoms with van der Waals surface area (Å²) < 4.78 is 0. The molecule has 0 amide bonds. The maximum Gasteiger partial charge on any atom is 0.0372 e. The maximum atomic E-state index is 3.51.